The normalized spacial score (nSPS) is 15.2. The Labute approximate surface area is 78.8 Å². The van der Waals surface area contributed by atoms with E-state index >= 15 is 0 Å². The molecule has 12 heavy (non-hydrogen) atoms. The SMILES string of the molecule is CCCC(C)(C)C(CC)C(C)C. The molecule has 0 heteroatoms. The minimum absolute atomic E-state index is 0.539. The minimum Gasteiger partial charge on any atom is -0.0654 e. The third-order valence-corrected chi connectivity index (χ3v) is 3.14. The lowest BCUT2D eigenvalue weighted by atomic mass is 9.69. The van der Waals surface area contributed by atoms with E-state index in [1.807, 2.05) is 0 Å². The summed E-state index contributed by atoms with van der Waals surface area (Å²) in [7, 11) is 0. The molecular weight excluding hydrogens is 144 g/mol. The van der Waals surface area contributed by atoms with E-state index in [2.05, 4.69) is 41.5 Å². The molecule has 0 aromatic rings. The van der Waals surface area contributed by atoms with E-state index in [0.29, 0.717) is 5.41 Å². The van der Waals surface area contributed by atoms with Crippen LogP contribution in [-0.2, 0) is 0 Å². The molecule has 0 heterocycles. The van der Waals surface area contributed by atoms with Gasteiger partial charge in [0.15, 0.2) is 0 Å². The first-order valence-electron chi connectivity index (χ1n) is 5.45. The van der Waals surface area contributed by atoms with Crippen LogP contribution in [0.15, 0.2) is 0 Å². The summed E-state index contributed by atoms with van der Waals surface area (Å²) in [6, 6.07) is 0. The van der Waals surface area contributed by atoms with Crippen LogP contribution in [0.1, 0.15) is 60.8 Å². The lowest BCUT2D eigenvalue weighted by molar-refractivity contribution is 0.137. The summed E-state index contributed by atoms with van der Waals surface area (Å²) < 4.78 is 0. The summed E-state index contributed by atoms with van der Waals surface area (Å²) in [5.74, 6) is 1.72. The zero-order chi connectivity index (χ0) is 9.78. The predicted octanol–water partition coefficient (Wildman–Crippen LogP) is 4.49. The van der Waals surface area contributed by atoms with E-state index < -0.39 is 0 Å². The van der Waals surface area contributed by atoms with Crippen LogP contribution in [0.2, 0.25) is 0 Å². The average molecular weight is 170 g/mol. The number of rotatable bonds is 5. The molecule has 0 aliphatic carbocycles. The molecule has 0 saturated carbocycles. The maximum atomic E-state index is 2.42. The monoisotopic (exact) mass is 170 g/mol. The van der Waals surface area contributed by atoms with Crippen LogP contribution in [0, 0.1) is 17.3 Å². The van der Waals surface area contributed by atoms with Crippen molar-refractivity contribution in [3.8, 4) is 0 Å². The van der Waals surface area contributed by atoms with Gasteiger partial charge < -0.3 is 0 Å². The second kappa shape index (κ2) is 4.89. The maximum Gasteiger partial charge on any atom is -0.0324 e. The van der Waals surface area contributed by atoms with E-state index in [1.165, 1.54) is 19.3 Å². The van der Waals surface area contributed by atoms with Crippen LogP contribution in [0.25, 0.3) is 0 Å². The Hall–Kier alpha value is 0. The molecule has 0 nitrogen and oxygen atoms in total. The fraction of sp³-hybridized carbons (Fsp3) is 1.00. The molecule has 0 aliphatic rings. The molecule has 0 aliphatic heterocycles. The van der Waals surface area contributed by atoms with Crippen LogP contribution in [-0.4, -0.2) is 0 Å². The van der Waals surface area contributed by atoms with E-state index in [4.69, 9.17) is 0 Å². The summed E-state index contributed by atoms with van der Waals surface area (Å²) in [6.07, 6.45) is 4.00. The highest BCUT2D eigenvalue weighted by atomic mass is 14.3. The number of hydrogen-bond donors (Lipinski definition) is 0. The Morgan fingerprint density at radius 1 is 1.08 bits per heavy atom. The van der Waals surface area contributed by atoms with Crippen molar-refractivity contribution in [2.75, 3.05) is 0 Å². The molecule has 0 fully saturated rings. The predicted molar refractivity (Wildman–Crippen MR) is 57.3 cm³/mol. The third-order valence-electron chi connectivity index (χ3n) is 3.14. The van der Waals surface area contributed by atoms with Crippen molar-refractivity contribution >= 4 is 0 Å². The zero-order valence-corrected chi connectivity index (χ0v) is 9.78. The smallest absolute Gasteiger partial charge is 0.0324 e. The number of hydrogen-bond acceptors (Lipinski definition) is 0. The molecule has 0 aromatic heterocycles. The van der Waals surface area contributed by atoms with E-state index in [9.17, 15) is 0 Å². The first kappa shape index (κ1) is 12.0. The molecule has 0 N–H and O–H groups in total. The molecule has 0 saturated heterocycles. The van der Waals surface area contributed by atoms with Crippen molar-refractivity contribution < 1.29 is 0 Å². The molecule has 0 aromatic carbocycles. The van der Waals surface area contributed by atoms with Gasteiger partial charge in [-0.05, 0) is 23.7 Å². The Bertz CT molecular complexity index is 111. The first-order chi connectivity index (χ1) is 5.45. The summed E-state index contributed by atoms with van der Waals surface area (Å²) >= 11 is 0. The van der Waals surface area contributed by atoms with Gasteiger partial charge in [0.05, 0.1) is 0 Å². The summed E-state index contributed by atoms with van der Waals surface area (Å²) in [5.41, 5.74) is 0.539. The Balaban J connectivity index is 4.25. The lowest BCUT2D eigenvalue weighted by Gasteiger charge is -2.36. The van der Waals surface area contributed by atoms with Gasteiger partial charge in [-0.15, -0.1) is 0 Å². The van der Waals surface area contributed by atoms with Gasteiger partial charge >= 0.3 is 0 Å². The van der Waals surface area contributed by atoms with E-state index in [1.54, 1.807) is 0 Å². The van der Waals surface area contributed by atoms with Gasteiger partial charge in [0.1, 0.15) is 0 Å². The Kier molecular flexibility index (Phi) is 4.89. The van der Waals surface area contributed by atoms with Crippen molar-refractivity contribution in [2.45, 2.75) is 60.8 Å². The van der Waals surface area contributed by atoms with E-state index in [-0.39, 0.29) is 0 Å². The second-order valence-electron chi connectivity index (χ2n) is 5.00. The molecule has 74 valence electrons. The fourth-order valence-electron chi connectivity index (χ4n) is 2.76. The average Bonchev–Trinajstić information content (AvgIpc) is 1.86. The highest BCUT2D eigenvalue weighted by Crippen LogP contribution is 2.38. The van der Waals surface area contributed by atoms with Crippen LogP contribution in [0.4, 0.5) is 0 Å². The second-order valence-corrected chi connectivity index (χ2v) is 5.00. The standard InChI is InChI=1S/C12H26/c1-7-9-12(5,6)11(8-2)10(3)4/h10-11H,7-9H2,1-6H3. The van der Waals surface area contributed by atoms with Crippen molar-refractivity contribution in [1.29, 1.82) is 0 Å². The quantitative estimate of drug-likeness (QED) is 0.570. The van der Waals surface area contributed by atoms with Crippen molar-refractivity contribution in [1.82, 2.24) is 0 Å². The molecular formula is C12H26. The Morgan fingerprint density at radius 3 is 1.83 bits per heavy atom. The first-order valence-corrected chi connectivity index (χ1v) is 5.45. The van der Waals surface area contributed by atoms with Crippen LogP contribution >= 0.6 is 0 Å². The highest BCUT2D eigenvalue weighted by molar-refractivity contribution is 4.79. The molecule has 0 rings (SSSR count). The molecule has 1 atom stereocenters. The van der Waals surface area contributed by atoms with Gasteiger partial charge in [-0.25, -0.2) is 0 Å². The summed E-state index contributed by atoms with van der Waals surface area (Å²) in [4.78, 5) is 0. The summed E-state index contributed by atoms with van der Waals surface area (Å²) in [6.45, 7) is 14.2. The van der Waals surface area contributed by atoms with Crippen molar-refractivity contribution in [2.24, 2.45) is 17.3 Å². The van der Waals surface area contributed by atoms with Gasteiger partial charge in [0.25, 0.3) is 0 Å². The molecule has 0 bridgehead atoms. The maximum absolute atomic E-state index is 2.42. The van der Waals surface area contributed by atoms with Gasteiger partial charge in [0, 0.05) is 0 Å². The molecule has 1 unspecified atom stereocenters. The third kappa shape index (κ3) is 3.16. The van der Waals surface area contributed by atoms with Gasteiger partial charge in [-0.1, -0.05) is 54.4 Å². The van der Waals surface area contributed by atoms with Gasteiger partial charge in [-0.3, -0.25) is 0 Å². The Morgan fingerprint density at radius 2 is 1.58 bits per heavy atom. The van der Waals surface area contributed by atoms with Crippen molar-refractivity contribution in [3.63, 3.8) is 0 Å². The van der Waals surface area contributed by atoms with Gasteiger partial charge in [-0.2, -0.15) is 0 Å². The zero-order valence-electron chi connectivity index (χ0n) is 9.78. The molecule has 0 radical (unpaired) electrons. The molecule has 0 spiro atoms. The topological polar surface area (TPSA) is 0 Å². The highest BCUT2D eigenvalue weighted by Gasteiger charge is 2.29. The fourth-order valence-corrected chi connectivity index (χ4v) is 2.76. The largest absolute Gasteiger partial charge is 0.0654 e. The minimum atomic E-state index is 0.539. The van der Waals surface area contributed by atoms with Crippen LogP contribution in [0.5, 0.6) is 0 Å². The van der Waals surface area contributed by atoms with Crippen LogP contribution < -0.4 is 0 Å². The summed E-state index contributed by atoms with van der Waals surface area (Å²) in [5, 5.41) is 0. The lowest BCUT2D eigenvalue weighted by Crippen LogP contribution is -2.27. The van der Waals surface area contributed by atoms with Gasteiger partial charge in [0.2, 0.25) is 0 Å². The van der Waals surface area contributed by atoms with Crippen molar-refractivity contribution in [3.05, 3.63) is 0 Å². The molecule has 0 amide bonds. The van der Waals surface area contributed by atoms with Crippen LogP contribution in [0.3, 0.4) is 0 Å². The van der Waals surface area contributed by atoms with E-state index in [0.717, 1.165) is 11.8 Å².